The van der Waals surface area contributed by atoms with Crippen LogP contribution < -0.4 is 0 Å². The highest BCUT2D eigenvalue weighted by atomic mass is 16.3. The second-order valence-electron chi connectivity index (χ2n) is 8.70. The number of β-amino-alcohol motifs (C(OH)–C–C–N with tert-alkyl or cyclic N) is 1. The Morgan fingerprint density at radius 1 is 0.889 bits per heavy atom. The minimum Gasteiger partial charge on any atom is -0.390 e. The van der Waals surface area contributed by atoms with Crippen LogP contribution in [0, 0.1) is 0 Å². The number of aliphatic hydroxyl groups is 1. The third-order valence-electron chi connectivity index (χ3n) is 6.87. The molecule has 0 aromatic carbocycles. The molecule has 27 heavy (non-hydrogen) atoms. The van der Waals surface area contributed by atoms with Crippen LogP contribution in [0.2, 0.25) is 0 Å². The number of piperidine rings is 2. The highest BCUT2D eigenvalue weighted by molar-refractivity contribution is 5.03. The van der Waals surface area contributed by atoms with E-state index in [2.05, 4.69) is 31.8 Å². The van der Waals surface area contributed by atoms with Crippen LogP contribution in [0.1, 0.15) is 50.6 Å². The molecule has 5 nitrogen and oxygen atoms in total. The van der Waals surface area contributed by atoms with Crippen molar-refractivity contribution in [3.8, 4) is 0 Å². The van der Waals surface area contributed by atoms with Crippen LogP contribution in [0.15, 0.2) is 24.4 Å². The summed E-state index contributed by atoms with van der Waals surface area (Å²) >= 11 is 0. The first-order chi connectivity index (χ1) is 13.3. The van der Waals surface area contributed by atoms with E-state index in [0.717, 1.165) is 39.1 Å². The molecule has 0 radical (unpaired) electrons. The lowest BCUT2D eigenvalue weighted by atomic mass is 9.95. The zero-order valence-electron chi connectivity index (χ0n) is 16.7. The van der Waals surface area contributed by atoms with E-state index in [-0.39, 0.29) is 6.10 Å². The fraction of sp³-hybridized carbons (Fsp3) is 0.773. The van der Waals surface area contributed by atoms with Crippen molar-refractivity contribution >= 4 is 0 Å². The molecule has 0 unspecified atom stereocenters. The monoisotopic (exact) mass is 372 g/mol. The van der Waals surface area contributed by atoms with Crippen molar-refractivity contribution in [2.24, 2.45) is 0 Å². The molecule has 4 rings (SSSR count). The van der Waals surface area contributed by atoms with E-state index >= 15 is 0 Å². The van der Waals surface area contributed by atoms with Crippen LogP contribution in [0.3, 0.4) is 0 Å². The van der Waals surface area contributed by atoms with E-state index in [1.165, 1.54) is 57.3 Å². The summed E-state index contributed by atoms with van der Waals surface area (Å²) in [5, 5.41) is 10.9. The summed E-state index contributed by atoms with van der Waals surface area (Å²) in [4.78, 5) is 12.2. The van der Waals surface area contributed by atoms with Crippen LogP contribution in [-0.2, 0) is 6.54 Å². The molecule has 150 valence electrons. The second kappa shape index (κ2) is 9.46. The first-order valence-electron chi connectivity index (χ1n) is 11.1. The van der Waals surface area contributed by atoms with Gasteiger partial charge in [-0.15, -0.1) is 0 Å². The Morgan fingerprint density at radius 2 is 1.67 bits per heavy atom. The summed E-state index contributed by atoms with van der Waals surface area (Å²) in [5.41, 5.74) is 1.17. The third kappa shape index (κ3) is 5.08. The maximum Gasteiger partial charge on any atom is 0.0822 e. The van der Waals surface area contributed by atoms with Crippen molar-refractivity contribution < 1.29 is 5.11 Å². The average molecular weight is 373 g/mol. The average Bonchev–Trinajstić information content (AvgIpc) is 2.99. The number of hydrogen-bond acceptors (Lipinski definition) is 5. The number of aromatic nitrogens is 1. The Labute approximate surface area is 164 Å². The van der Waals surface area contributed by atoms with Gasteiger partial charge in [0.15, 0.2) is 0 Å². The van der Waals surface area contributed by atoms with Gasteiger partial charge in [-0.1, -0.05) is 18.9 Å². The van der Waals surface area contributed by atoms with Crippen molar-refractivity contribution in [2.75, 3.05) is 39.3 Å². The largest absolute Gasteiger partial charge is 0.390 e. The SMILES string of the molecule is O[C@@H]1CN(C2CCN(Cc3ccccn3)CC2)CC[C@H]1N1CCCCCC1. The van der Waals surface area contributed by atoms with E-state index in [1.807, 2.05) is 12.3 Å². The molecular formula is C22H36N4O. The van der Waals surface area contributed by atoms with E-state index < -0.39 is 0 Å². The minimum absolute atomic E-state index is 0.177. The van der Waals surface area contributed by atoms with E-state index in [0.29, 0.717) is 12.1 Å². The summed E-state index contributed by atoms with van der Waals surface area (Å²) < 4.78 is 0. The predicted molar refractivity (Wildman–Crippen MR) is 109 cm³/mol. The van der Waals surface area contributed by atoms with Crippen LogP contribution in [0.5, 0.6) is 0 Å². The Kier molecular flexibility index (Phi) is 6.77. The predicted octanol–water partition coefficient (Wildman–Crippen LogP) is 2.36. The van der Waals surface area contributed by atoms with Crippen LogP contribution in [0.25, 0.3) is 0 Å². The quantitative estimate of drug-likeness (QED) is 0.879. The minimum atomic E-state index is -0.177. The molecule has 2 atom stereocenters. The number of likely N-dealkylation sites (tertiary alicyclic amines) is 3. The smallest absolute Gasteiger partial charge is 0.0822 e. The first kappa shape index (κ1) is 19.3. The number of hydrogen-bond donors (Lipinski definition) is 1. The number of rotatable bonds is 4. The maximum absolute atomic E-state index is 10.9. The van der Waals surface area contributed by atoms with Gasteiger partial charge < -0.3 is 5.11 Å². The normalized spacial score (nSPS) is 30.3. The Hall–Kier alpha value is -1.01. The number of pyridine rings is 1. The van der Waals surface area contributed by atoms with Gasteiger partial charge in [0, 0.05) is 51.0 Å². The van der Waals surface area contributed by atoms with E-state index in [4.69, 9.17) is 0 Å². The van der Waals surface area contributed by atoms with Gasteiger partial charge in [-0.3, -0.25) is 19.7 Å². The van der Waals surface area contributed by atoms with Crippen LogP contribution in [-0.4, -0.2) is 82.2 Å². The molecular weight excluding hydrogens is 336 g/mol. The van der Waals surface area contributed by atoms with Crippen molar-refractivity contribution in [1.29, 1.82) is 0 Å². The zero-order chi connectivity index (χ0) is 18.5. The van der Waals surface area contributed by atoms with Gasteiger partial charge in [0.25, 0.3) is 0 Å². The fourth-order valence-corrected chi connectivity index (χ4v) is 5.29. The highest BCUT2D eigenvalue weighted by Gasteiger charge is 2.35. The molecule has 1 aromatic heterocycles. The second-order valence-corrected chi connectivity index (χ2v) is 8.70. The van der Waals surface area contributed by atoms with Crippen LogP contribution in [0.4, 0.5) is 0 Å². The molecule has 0 bridgehead atoms. The molecule has 0 amide bonds. The van der Waals surface area contributed by atoms with Gasteiger partial charge in [0.05, 0.1) is 11.8 Å². The van der Waals surface area contributed by atoms with Crippen molar-refractivity contribution in [3.05, 3.63) is 30.1 Å². The molecule has 1 aromatic rings. The summed E-state index contributed by atoms with van der Waals surface area (Å²) in [6.45, 7) is 7.65. The zero-order valence-corrected chi connectivity index (χ0v) is 16.7. The molecule has 3 aliphatic heterocycles. The molecule has 3 fully saturated rings. The standard InChI is InChI=1S/C22H36N4O/c27-22-18-26(16-10-21(22)25-12-5-1-2-6-13-25)20-8-14-24(15-9-20)17-19-7-3-4-11-23-19/h3-4,7,11,20-22,27H,1-2,5-6,8-10,12-18H2/t21-,22-/m1/s1. The van der Waals surface area contributed by atoms with Gasteiger partial charge in [-0.2, -0.15) is 0 Å². The number of aliphatic hydroxyl groups excluding tert-OH is 1. The lowest BCUT2D eigenvalue weighted by Crippen LogP contribution is -2.57. The molecule has 3 saturated heterocycles. The van der Waals surface area contributed by atoms with Crippen molar-refractivity contribution in [3.63, 3.8) is 0 Å². The maximum atomic E-state index is 10.9. The fourth-order valence-electron chi connectivity index (χ4n) is 5.29. The molecule has 5 heteroatoms. The Balaban J connectivity index is 1.24. The van der Waals surface area contributed by atoms with Gasteiger partial charge in [-0.05, 0) is 57.3 Å². The summed E-state index contributed by atoms with van der Waals surface area (Å²) in [7, 11) is 0. The van der Waals surface area contributed by atoms with Crippen molar-refractivity contribution in [1.82, 2.24) is 19.7 Å². The topological polar surface area (TPSA) is 42.8 Å². The lowest BCUT2D eigenvalue weighted by molar-refractivity contribution is -0.0338. The Morgan fingerprint density at radius 3 is 2.33 bits per heavy atom. The number of nitrogens with zero attached hydrogens (tertiary/aromatic N) is 4. The van der Waals surface area contributed by atoms with Gasteiger partial charge in [0.2, 0.25) is 0 Å². The molecule has 1 N–H and O–H groups in total. The summed E-state index contributed by atoms with van der Waals surface area (Å²) in [5.74, 6) is 0. The third-order valence-corrected chi connectivity index (χ3v) is 6.87. The summed E-state index contributed by atoms with van der Waals surface area (Å²) in [6, 6.07) is 7.21. The highest BCUT2D eigenvalue weighted by Crippen LogP contribution is 2.25. The molecule has 0 spiro atoms. The molecule has 0 saturated carbocycles. The van der Waals surface area contributed by atoms with Gasteiger partial charge in [0.1, 0.15) is 0 Å². The Bertz CT molecular complexity index is 553. The van der Waals surface area contributed by atoms with E-state index in [1.54, 1.807) is 0 Å². The summed E-state index contributed by atoms with van der Waals surface area (Å²) in [6.07, 6.45) is 10.6. The molecule has 3 aliphatic rings. The first-order valence-corrected chi connectivity index (χ1v) is 11.1. The lowest BCUT2D eigenvalue weighted by Gasteiger charge is -2.46. The van der Waals surface area contributed by atoms with Crippen molar-refractivity contribution in [2.45, 2.75) is 69.7 Å². The van der Waals surface area contributed by atoms with Gasteiger partial charge in [-0.25, -0.2) is 0 Å². The molecule has 0 aliphatic carbocycles. The van der Waals surface area contributed by atoms with E-state index in [9.17, 15) is 5.11 Å². The van der Waals surface area contributed by atoms with Crippen LogP contribution >= 0.6 is 0 Å². The van der Waals surface area contributed by atoms with Gasteiger partial charge >= 0.3 is 0 Å². The molecule has 4 heterocycles.